The minimum Gasteiger partial charge on any atom is -0.473 e. The van der Waals surface area contributed by atoms with E-state index in [1.54, 1.807) is 0 Å². The van der Waals surface area contributed by atoms with Gasteiger partial charge in [0.15, 0.2) is 0 Å². The number of aliphatic carboxylic acids is 2. The number of carboxylic acids is 2. The van der Waals surface area contributed by atoms with Crippen LogP contribution in [0.3, 0.4) is 0 Å². The van der Waals surface area contributed by atoms with Crippen molar-refractivity contribution in [2.24, 2.45) is 0 Å². The van der Waals surface area contributed by atoms with Gasteiger partial charge in [-0.1, -0.05) is 0 Å². The zero-order chi connectivity index (χ0) is 12.8. The van der Waals surface area contributed by atoms with E-state index in [0.29, 0.717) is 26.4 Å². The molecule has 0 fully saturated rings. The number of aliphatic hydroxyl groups excluding tert-OH is 2. The highest BCUT2D eigenvalue weighted by molar-refractivity contribution is 6.27. The lowest BCUT2D eigenvalue weighted by Crippen LogP contribution is -2.09. The quantitative estimate of drug-likeness (QED) is 0.301. The Labute approximate surface area is 92.0 Å². The molecule has 96 valence electrons. The van der Waals surface area contributed by atoms with Crippen molar-refractivity contribution in [3.63, 3.8) is 0 Å². The summed E-state index contributed by atoms with van der Waals surface area (Å²) < 4.78 is 9.75. The molecule has 0 aromatic rings. The molecule has 8 nitrogen and oxygen atoms in total. The van der Waals surface area contributed by atoms with E-state index in [0.717, 1.165) is 0 Å². The lowest BCUT2D eigenvalue weighted by Gasteiger charge is -2.01. The number of carboxylic acid groups (broad SMARTS) is 2. The van der Waals surface area contributed by atoms with Crippen LogP contribution < -0.4 is 0 Å². The van der Waals surface area contributed by atoms with Gasteiger partial charge < -0.3 is 29.9 Å². The van der Waals surface area contributed by atoms with Gasteiger partial charge in [-0.15, -0.1) is 0 Å². The number of hydrogen-bond acceptors (Lipinski definition) is 6. The highest BCUT2D eigenvalue weighted by atomic mass is 16.5. The Bertz CT molecular complexity index is 161. The summed E-state index contributed by atoms with van der Waals surface area (Å²) >= 11 is 0. The van der Waals surface area contributed by atoms with Crippen LogP contribution in [-0.2, 0) is 19.1 Å². The zero-order valence-electron chi connectivity index (χ0n) is 8.66. The van der Waals surface area contributed by atoms with Gasteiger partial charge in [0.25, 0.3) is 0 Å². The van der Waals surface area contributed by atoms with E-state index in [2.05, 4.69) is 0 Å². The molecule has 0 saturated heterocycles. The molecule has 0 radical (unpaired) electrons. The molecule has 0 aliphatic carbocycles. The molecule has 4 N–H and O–H groups in total. The predicted octanol–water partition coefficient (Wildman–Crippen LogP) is -1.84. The van der Waals surface area contributed by atoms with Crippen molar-refractivity contribution >= 4 is 11.9 Å². The van der Waals surface area contributed by atoms with E-state index < -0.39 is 11.9 Å². The van der Waals surface area contributed by atoms with Gasteiger partial charge in [-0.2, -0.15) is 0 Å². The molecule has 0 saturated carbocycles. The Morgan fingerprint density at radius 1 is 0.750 bits per heavy atom. The average Bonchev–Trinajstić information content (AvgIpc) is 2.24. The van der Waals surface area contributed by atoms with E-state index in [-0.39, 0.29) is 13.2 Å². The third kappa shape index (κ3) is 18.5. The van der Waals surface area contributed by atoms with Crippen LogP contribution in [0.5, 0.6) is 0 Å². The number of aliphatic hydroxyl groups is 2. The fourth-order valence-corrected chi connectivity index (χ4v) is 0.451. The Kier molecular flexibility index (Phi) is 14.8. The van der Waals surface area contributed by atoms with Gasteiger partial charge in [0.1, 0.15) is 0 Å². The van der Waals surface area contributed by atoms with Crippen LogP contribution in [0.25, 0.3) is 0 Å². The van der Waals surface area contributed by atoms with Crippen LogP contribution in [0.1, 0.15) is 0 Å². The zero-order valence-corrected chi connectivity index (χ0v) is 8.66. The molecule has 8 heteroatoms. The molecule has 16 heavy (non-hydrogen) atoms. The smallest absolute Gasteiger partial charge is 0.414 e. The molecular formula is C8H16O8. The minimum atomic E-state index is -1.82. The second kappa shape index (κ2) is 13.8. The molecule has 0 rings (SSSR count). The van der Waals surface area contributed by atoms with Crippen molar-refractivity contribution in [2.45, 2.75) is 0 Å². The number of carbonyl (C=O) groups is 2. The van der Waals surface area contributed by atoms with Crippen molar-refractivity contribution < 1.29 is 39.5 Å². The van der Waals surface area contributed by atoms with Crippen LogP contribution in [0.2, 0.25) is 0 Å². The third-order valence-corrected chi connectivity index (χ3v) is 1.03. The second-order valence-corrected chi connectivity index (χ2v) is 2.28. The van der Waals surface area contributed by atoms with Crippen LogP contribution in [0, 0.1) is 0 Å². The Morgan fingerprint density at radius 3 is 1.25 bits per heavy atom. The normalized spacial score (nSPS) is 9.12. The van der Waals surface area contributed by atoms with E-state index in [1.807, 2.05) is 0 Å². The standard InChI is InChI=1S/C6H14O4.C2H2O4/c7-1-3-9-5-6-10-4-2-8;3-1(4)2(5)6/h7-8H,1-6H2;(H,3,4)(H,5,6). The molecule has 0 unspecified atom stereocenters. The van der Waals surface area contributed by atoms with E-state index in [4.69, 9.17) is 39.5 Å². The molecule has 0 atom stereocenters. The van der Waals surface area contributed by atoms with Gasteiger partial charge >= 0.3 is 11.9 Å². The van der Waals surface area contributed by atoms with Crippen LogP contribution in [0.4, 0.5) is 0 Å². The first kappa shape index (κ1) is 17.2. The summed E-state index contributed by atoms with van der Waals surface area (Å²) in [5.74, 6) is -3.65. The van der Waals surface area contributed by atoms with Crippen molar-refractivity contribution in [2.75, 3.05) is 39.6 Å². The summed E-state index contributed by atoms with van der Waals surface area (Å²) in [7, 11) is 0. The summed E-state index contributed by atoms with van der Waals surface area (Å²) in [6, 6.07) is 0. The molecule has 0 aromatic heterocycles. The average molecular weight is 240 g/mol. The highest BCUT2D eigenvalue weighted by Crippen LogP contribution is 1.76. The van der Waals surface area contributed by atoms with Gasteiger partial charge in [0.05, 0.1) is 39.6 Å². The lowest BCUT2D eigenvalue weighted by atomic mass is 10.7. The maximum Gasteiger partial charge on any atom is 0.414 e. The maximum absolute atomic E-state index is 9.10. The van der Waals surface area contributed by atoms with E-state index in [1.165, 1.54) is 0 Å². The van der Waals surface area contributed by atoms with Gasteiger partial charge in [-0.05, 0) is 0 Å². The number of hydrogen-bond donors (Lipinski definition) is 4. The largest absolute Gasteiger partial charge is 0.473 e. The molecular weight excluding hydrogens is 224 g/mol. The van der Waals surface area contributed by atoms with E-state index >= 15 is 0 Å². The Balaban J connectivity index is 0. The number of rotatable bonds is 7. The number of ether oxygens (including phenoxy) is 2. The van der Waals surface area contributed by atoms with Crippen molar-refractivity contribution in [3.05, 3.63) is 0 Å². The topological polar surface area (TPSA) is 134 Å². The first-order chi connectivity index (χ1) is 7.56. The summed E-state index contributed by atoms with van der Waals surface area (Å²) in [6.45, 7) is 1.73. The summed E-state index contributed by atoms with van der Waals surface area (Å²) in [5.41, 5.74) is 0. The molecule has 0 heterocycles. The van der Waals surface area contributed by atoms with Gasteiger partial charge in [0, 0.05) is 0 Å². The van der Waals surface area contributed by atoms with Crippen LogP contribution in [0.15, 0.2) is 0 Å². The summed E-state index contributed by atoms with van der Waals surface area (Å²) in [5, 5.41) is 31.3. The van der Waals surface area contributed by atoms with Gasteiger partial charge in [-0.3, -0.25) is 0 Å². The molecule has 0 spiro atoms. The Hall–Kier alpha value is -1.22. The highest BCUT2D eigenvalue weighted by Gasteiger charge is 2.04. The maximum atomic E-state index is 9.10. The van der Waals surface area contributed by atoms with E-state index in [9.17, 15) is 0 Å². The second-order valence-electron chi connectivity index (χ2n) is 2.28. The van der Waals surface area contributed by atoms with Crippen LogP contribution in [-0.4, -0.2) is 72.0 Å². The third-order valence-electron chi connectivity index (χ3n) is 1.03. The van der Waals surface area contributed by atoms with Crippen molar-refractivity contribution in [1.29, 1.82) is 0 Å². The molecule has 0 bridgehead atoms. The molecule has 0 aliphatic rings. The van der Waals surface area contributed by atoms with Crippen LogP contribution >= 0.6 is 0 Å². The SMILES string of the molecule is O=C(O)C(=O)O.OCCOCCOCCO. The first-order valence-electron chi connectivity index (χ1n) is 4.39. The van der Waals surface area contributed by atoms with Crippen molar-refractivity contribution in [3.8, 4) is 0 Å². The monoisotopic (exact) mass is 240 g/mol. The Morgan fingerprint density at radius 2 is 1.06 bits per heavy atom. The van der Waals surface area contributed by atoms with Crippen molar-refractivity contribution in [1.82, 2.24) is 0 Å². The summed E-state index contributed by atoms with van der Waals surface area (Å²) in [6.07, 6.45) is 0. The fourth-order valence-electron chi connectivity index (χ4n) is 0.451. The summed E-state index contributed by atoms with van der Waals surface area (Å²) in [4.78, 5) is 18.2. The van der Waals surface area contributed by atoms with Gasteiger partial charge in [0.2, 0.25) is 0 Å². The minimum absolute atomic E-state index is 0.0417. The fraction of sp³-hybridized carbons (Fsp3) is 0.750. The van der Waals surface area contributed by atoms with Gasteiger partial charge in [-0.25, -0.2) is 9.59 Å². The molecule has 0 aliphatic heterocycles. The lowest BCUT2D eigenvalue weighted by molar-refractivity contribution is -0.159. The first-order valence-corrected chi connectivity index (χ1v) is 4.39. The molecule has 0 amide bonds. The predicted molar refractivity (Wildman–Crippen MR) is 51.1 cm³/mol. The molecule has 0 aromatic carbocycles.